The summed E-state index contributed by atoms with van der Waals surface area (Å²) in [5, 5.41) is 8.51. The van der Waals surface area contributed by atoms with Crippen molar-refractivity contribution in [1.82, 2.24) is 0 Å². The summed E-state index contributed by atoms with van der Waals surface area (Å²) in [5.41, 5.74) is -0.870. The maximum absolute atomic E-state index is 12.0. The number of halogens is 4. The van der Waals surface area contributed by atoms with Gasteiger partial charge >= 0.3 is 25.0 Å². The first-order valence-corrected chi connectivity index (χ1v) is 3.35. The van der Waals surface area contributed by atoms with Crippen molar-refractivity contribution in [2.75, 3.05) is 0 Å². The minimum Gasteiger partial charge on any atom is -1.00 e. The molecule has 0 bridgehead atoms. The van der Waals surface area contributed by atoms with Crippen LogP contribution in [0.4, 0.5) is 13.2 Å². The van der Waals surface area contributed by atoms with Crippen molar-refractivity contribution in [2.24, 2.45) is 0 Å². The molecular weight excluding hydrogens is 199 g/mol. The summed E-state index contributed by atoms with van der Waals surface area (Å²) in [4.78, 5) is 0. The fourth-order valence-electron chi connectivity index (χ4n) is 0.683. The van der Waals surface area contributed by atoms with Gasteiger partial charge in [-0.1, -0.05) is 11.6 Å². The van der Waals surface area contributed by atoms with Crippen LogP contribution in [-0.4, -0.2) is 5.11 Å². The number of alkyl halides is 3. The van der Waals surface area contributed by atoms with Gasteiger partial charge in [-0.25, -0.2) is 0 Å². The Morgan fingerprint density at radius 3 is 2.23 bits per heavy atom. The molecule has 0 radical (unpaired) electrons. The Morgan fingerprint density at radius 2 is 1.85 bits per heavy atom. The number of hydrogen-bond donors (Lipinski definition) is 1. The third-order valence-electron chi connectivity index (χ3n) is 1.28. The largest absolute Gasteiger partial charge is 1.00 e. The molecule has 1 aromatic rings. The van der Waals surface area contributed by atoms with E-state index in [1.165, 1.54) is 0 Å². The van der Waals surface area contributed by atoms with E-state index in [1.807, 2.05) is 0 Å². The summed E-state index contributed by atoms with van der Waals surface area (Å²) in [6.45, 7) is 0. The monoisotopic (exact) mass is 204 g/mol. The molecule has 0 atom stereocenters. The number of phenolic OH excluding ortho intramolecular Hbond substituents is 1. The van der Waals surface area contributed by atoms with Gasteiger partial charge in [0.2, 0.25) is 0 Å². The molecular formula is C7H5ClF3LiO. The Morgan fingerprint density at radius 1 is 1.31 bits per heavy atom. The maximum Gasteiger partial charge on any atom is 1.00 e. The second-order valence-corrected chi connectivity index (χ2v) is 2.57. The van der Waals surface area contributed by atoms with Gasteiger partial charge in [-0.3, -0.25) is 0 Å². The van der Waals surface area contributed by atoms with Gasteiger partial charge in [0.25, 0.3) is 0 Å². The Hall–Kier alpha value is -0.303. The molecule has 1 aromatic carbocycles. The quantitative estimate of drug-likeness (QED) is 0.598. The number of benzene rings is 1. The third kappa shape index (κ3) is 3.15. The molecule has 0 aliphatic heterocycles. The zero-order valence-corrected chi connectivity index (χ0v) is 7.45. The van der Waals surface area contributed by atoms with Gasteiger partial charge in [0.1, 0.15) is 5.75 Å². The predicted octanol–water partition coefficient (Wildman–Crippen LogP) is 0.181. The maximum atomic E-state index is 12.0. The number of aromatic hydroxyl groups is 1. The van der Waals surface area contributed by atoms with Gasteiger partial charge in [-0.15, -0.1) is 0 Å². The van der Waals surface area contributed by atoms with E-state index >= 15 is 0 Å². The molecule has 0 aliphatic carbocycles. The van der Waals surface area contributed by atoms with E-state index in [1.54, 1.807) is 0 Å². The van der Waals surface area contributed by atoms with E-state index in [9.17, 15) is 13.2 Å². The standard InChI is InChI=1S/C7H4ClF3O.Li.H/c8-5-3-4(7(9,10)11)1-2-6(5)12;;/h1-3,12H;;/q;+1;-1. The third-order valence-corrected chi connectivity index (χ3v) is 1.58. The molecule has 0 aromatic heterocycles. The van der Waals surface area contributed by atoms with Crippen LogP contribution in [0.1, 0.15) is 6.99 Å². The first-order chi connectivity index (χ1) is 5.41. The average molecular weight is 205 g/mol. The molecule has 1 nitrogen and oxygen atoms in total. The molecule has 0 saturated heterocycles. The van der Waals surface area contributed by atoms with Gasteiger partial charge in [0.05, 0.1) is 10.6 Å². The fraction of sp³-hybridized carbons (Fsp3) is 0.143. The predicted molar refractivity (Wildman–Crippen MR) is 39.2 cm³/mol. The smallest absolute Gasteiger partial charge is 1.00 e. The zero-order valence-electron chi connectivity index (χ0n) is 7.69. The number of phenols is 1. The molecule has 0 saturated carbocycles. The molecule has 0 amide bonds. The van der Waals surface area contributed by atoms with Crippen molar-refractivity contribution in [3.8, 4) is 5.75 Å². The van der Waals surface area contributed by atoms with Crippen molar-refractivity contribution in [3.63, 3.8) is 0 Å². The van der Waals surface area contributed by atoms with Crippen LogP contribution in [0.15, 0.2) is 18.2 Å². The van der Waals surface area contributed by atoms with E-state index < -0.39 is 11.7 Å². The molecule has 1 rings (SSSR count). The van der Waals surface area contributed by atoms with Gasteiger partial charge < -0.3 is 6.53 Å². The van der Waals surface area contributed by atoms with E-state index in [-0.39, 0.29) is 31.1 Å². The number of hydrogen-bond acceptors (Lipinski definition) is 1. The van der Waals surface area contributed by atoms with E-state index in [2.05, 4.69) is 0 Å². The van der Waals surface area contributed by atoms with Crippen LogP contribution in [0.3, 0.4) is 0 Å². The van der Waals surface area contributed by atoms with Crippen LogP contribution in [0, 0.1) is 0 Å². The SMILES string of the molecule is Oc1ccc(C(F)(F)F)cc1Cl.[H-].[Li+]. The van der Waals surface area contributed by atoms with Crippen LogP contribution in [0.25, 0.3) is 0 Å². The Bertz CT molecular complexity index is 305. The Labute approximate surface area is 91.2 Å². The van der Waals surface area contributed by atoms with Crippen LogP contribution >= 0.6 is 11.6 Å². The minimum atomic E-state index is -4.42. The normalized spacial score (nSPS) is 10.8. The summed E-state index contributed by atoms with van der Waals surface area (Å²) in [6.07, 6.45) is -4.42. The van der Waals surface area contributed by atoms with Crippen LogP contribution in [-0.2, 0) is 6.18 Å². The number of rotatable bonds is 0. The van der Waals surface area contributed by atoms with Crippen molar-refractivity contribution in [3.05, 3.63) is 28.8 Å². The van der Waals surface area contributed by atoms with Gasteiger partial charge in [0.15, 0.2) is 0 Å². The first kappa shape index (κ1) is 12.7. The summed E-state index contributed by atoms with van der Waals surface area (Å²) in [7, 11) is 0. The molecule has 68 valence electrons. The molecule has 13 heavy (non-hydrogen) atoms. The fourth-order valence-corrected chi connectivity index (χ4v) is 0.864. The van der Waals surface area contributed by atoms with Gasteiger partial charge in [-0.05, 0) is 18.2 Å². The molecule has 0 heterocycles. The Kier molecular flexibility index (Phi) is 4.17. The summed E-state index contributed by atoms with van der Waals surface area (Å²) >= 11 is 5.27. The summed E-state index contributed by atoms with van der Waals surface area (Å²) < 4.78 is 35.9. The van der Waals surface area contributed by atoms with Crippen molar-refractivity contribution in [2.45, 2.75) is 6.18 Å². The van der Waals surface area contributed by atoms with Crippen molar-refractivity contribution >= 4 is 11.6 Å². The first-order valence-electron chi connectivity index (χ1n) is 2.97. The van der Waals surface area contributed by atoms with Gasteiger partial charge in [0, 0.05) is 0 Å². The summed E-state index contributed by atoms with van der Waals surface area (Å²) in [6, 6.07) is 2.35. The summed E-state index contributed by atoms with van der Waals surface area (Å²) in [5.74, 6) is -0.357. The molecule has 1 N–H and O–H groups in total. The zero-order chi connectivity index (χ0) is 9.35. The molecule has 0 unspecified atom stereocenters. The van der Waals surface area contributed by atoms with Crippen molar-refractivity contribution in [1.29, 1.82) is 0 Å². The topological polar surface area (TPSA) is 20.2 Å². The molecule has 0 aliphatic rings. The molecule has 6 heteroatoms. The van der Waals surface area contributed by atoms with Crippen LogP contribution in [0.5, 0.6) is 5.75 Å². The average Bonchev–Trinajstić information content (AvgIpc) is 1.92. The van der Waals surface area contributed by atoms with Crippen LogP contribution < -0.4 is 18.9 Å². The van der Waals surface area contributed by atoms with E-state index in [0.29, 0.717) is 6.07 Å². The molecule has 0 spiro atoms. The van der Waals surface area contributed by atoms with Gasteiger partial charge in [-0.2, -0.15) is 13.2 Å². The minimum absolute atomic E-state index is 0. The van der Waals surface area contributed by atoms with E-state index in [4.69, 9.17) is 16.7 Å². The molecule has 0 fully saturated rings. The van der Waals surface area contributed by atoms with E-state index in [0.717, 1.165) is 12.1 Å². The van der Waals surface area contributed by atoms with Crippen molar-refractivity contribution < 1.29 is 38.6 Å². The second-order valence-electron chi connectivity index (χ2n) is 2.16. The van der Waals surface area contributed by atoms with Crippen LogP contribution in [0.2, 0.25) is 5.02 Å². The second kappa shape index (κ2) is 4.27. The Balaban J connectivity index is 0.